The molecular weight excluding hydrogens is 418 g/mol. The first kappa shape index (κ1) is 23.5. The lowest BCUT2D eigenvalue weighted by molar-refractivity contribution is -0.120. The van der Waals surface area contributed by atoms with E-state index in [2.05, 4.69) is 15.8 Å². The quantitative estimate of drug-likeness (QED) is 0.385. The summed E-state index contributed by atoms with van der Waals surface area (Å²) in [4.78, 5) is 24.3. The number of ether oxygens (including phenoxy) is 2. The van der Waals surface area contributed by atoms with Crippen LogP contribution < -0.4 is 20.2 Å². The van der Waals surface area contributed by atoms with Gasteiger partial charge in [-0.05, 0) is 72.5 Å². The van der Waals surface area contributed by atoms with Crippen LogP contribution in [0.15, 0.2) is 71.8 Å². The van der Waals surface area contributed by atoms with Gasteiger partial charge in [0.1, 0.15) is 11.5 Å². The van der Waals surface area contributed by atoms with E-state index in [-0.39, 0.29) is 24.8 Å². The molecule has 3 aromatic rings. The maximum absolute atomic E-state index is 12.2. The van der Waals surface area contributed by atoms with Crippen molar-refractivity contribution < 1.29 is 19.1 Å². The molecule has 3 aromatic carbocycles. The molecule has 33 heavy (non-hydrogen) atoms. The largest absolute Gasteiger partial charge is 0.497 e. The van der Waals surface area contributed by atoms with Crippen molar-refractivity contribution in [1.82, 2.24) is 5.43 Å². The van der Waals surface area contributed by atoms with Gasteiger partial charge in [0.15, 0.2) is 6.61 Å². The Morgan fingerprint density at radius 1 is 0.909 bits per heavy atom. The topological polar surface area (TPSA) is 89.0 Å². The average Bonchev–Trinajstić information content (AvgIpc) is 2.80. The van der Waals surface area contributed by atoms with Gasteiger partial charge in [-0.2, -0.15) is 5.10 Å². The summed E-state index contributed by atoms with van der Waals surface area (Å²) in [5.41, 5.74) is 7.07. The second kappa shape index (κ2) is 11.5. The minimum absolute atomic E-state index is 0.120. The number of hydrogen-bond acceptors (Lipinski definition) is 5. The van der Waals surface area contributed by atoms with Gasteiger partial charge in [0.25, 0.3) is 5.91 Å². The summed E-state index contributed by atoms with van der Waals surface area (Å²) in [6, 6.07) is 20.2. The zero-order valence-corrected chi connectivity index (χ0v) is 18.9. The van der Waals surface area contributed by atoms with Gasteiger partial charge in [0.05, 0.1) is 19.7 Å². The van der Waals surface area contributed by atoms with Crippen LogP contribution in [0.1, 0.15) is 22.3 Å². The molecule has 2 N–H and O–H groups in total. The van der Waals surface area contributed by atoms with Crippen LogP contribution in [0, 0.1) is 13.8 Å². The van der Waals surface area contributed by atoms with E-state index in [9.17, 15) is 9.59 Å². The molecule has 0 aliphatic heterocycles. The Morgan fingerprint density at radius 2 is 1.70 bits per heavy atom. The van der Waals surface area contributed by atoms with Crippen LogP contribution >= 0.6 is 0 Å². The number of aryl methyl sites for hydroxylation is 2. The number of methoxy groups -OCH3 is 1. The van der Waals surface area contributed by atoms with Crippen LogP contribution in [0.4, 0.5) is 5.69 Å². The molecular formula is C26H27N3O4. The predicted molar refractivity (Wildman–Crippen MR) is 129 cm³/mol. The first-order valence-corrected chi connectivity index (χ1v) is 10.5. The molecule has 0 aliphatic rings. The number of carbonyl (C=O) groups excluding carboxylic acids is 2. The Hall–Kier alpha value is -4.13. The van der Waals surface area contributed by atoms with E-state index in [4.69, 9.17) is 9.47 Å². The van der Waals surface area contributed by atoms with Crippen molar-refractivity contribution in [2.45, 2.75) is 20.3 Å². The van der Waals surface area contributed by atoms with Crippen molar-refractivity contribution >= 4 is 23.7 Å². The number of nitrogens with zero attached hydrogens (tertiary/aromatic N) is 1. The van der Waals surface area contributed by atoms with Crippen LogP contribution in [-0.4, -0.2) is 31.7 Å². The fraction of sp³-hybridized carbons (Fsp3) is 0.192. The van der Waals surface area contributed by atoms with Gasteiger partial charge in [-0.25, -0.2) is 5.43 Å². The van der Waals surface area contributed by atoms with E-state index in [1.54, 1.807) is 31.4 Å². The molecule has 0 atom stereocenters. The van der Waals surface area contributed by atoms with Gasteiger partial charge in [-0.15, -0.1) is 0 Å². The number of nitrogens with one attached hydrogen (secondary N) is 2. The number of rotatable bonds is 9. The minimum Gasteiger partial charge on any atom is -0.497 e. The van der Waals surface area contributed by atoms with Crippen LogP contribution in [-0.2, 0) is 16.0 Å². The molecule has 0 fully saturated rings. The van der Waals surface area contributed by atoms with Crippen molar-refractivity contribution in [2.75, 3.05) is 19.0 Å². The molecule has 3 rings (SSSR count). The highest BCUT2D eigenvalue weighted by Gasteiger charge is 2.06. The summed E-state index contributed by atoms with van der Waals surface area (Å²) in [6.45, 7) is 3.90. The Balaban J connectivity index is 1.48. The molecule has 7 nitrogen and oxygen atoms in total. The first-order valence-electron chi connectivity index (χ1n) is 10.5. The summed E-state index contributed by atoms with van der Waals surface area (Å²) in [6.07, 6.45) is 1.71. The number of anilines is 1. The standard InChI is InChI=1S/C26H27N3O4/c1-18-10-11-22(12-19(18)2)28-26(31)17-33-24-9-5-7-21(14-24)16-27-29-25(30)15-20-6-4-8-23(13-20)32-3/h4-14,16H,15,17H2,1-3H3,(H,28,31)(H,29,30)/b27-16+. The SMILES string of the molecule is COc1cccc(CC(=O)N/N=C/c2cccc(OCC(=O)Nc3ccc(C)c(C)c3)c2)c1. The Labute approximate surface area is 193 Å². The van der Waals surface area contributed by atoms with Crippen molar-refractivity contribution in [3.63, 3.8) is 0 Å². The number of hydrazone groups is 1. The third kappa shape index (κ3) is 7.50. The highest BCUT2D eigenvalue weighted by Crippen LogP contribution is 2.15. The third-order valence-electron chi connectivity index (χ3n) is 4.92. The van der Waals surface area contributed by atoms with Crippen LogP contribution in [0.3, 0.4) is 0 Å². The van der Waals surface area contributed by atoms with Crippen LogP contribution in [0.25, 0.3) is 0 Å². The van der Waals surface area contributed by atoms with Gasteiger partial charge < -0.3 is 14.8 Å². The van der Waals surface area contributed by atoms with E-state index < -0.39 is 0 Å². The van der Waals surface area contributed by atoms with E-state index in [1.807, 2.05) is 56.3 Å². The lowest BCUT2D eigenvalue weighted by Crippen LogP contribution is -2.20. The molecule has 0 heterocycles. The highest BCUT2D eigenvalue weighted by atomic mass is 16.5. The molecule has 0 saturated carbocycles. The third-order valence-corrected chi connectivity index (χ3v) is 4.92. The van der Waals surface area contributed by atoms with E-state index in [0.717, 1.165) is 22.4 Å². The number of hydrogen-bond donors (Lipinski definition) is 2. The Morgan fingerprint density at radius 3 is 2.48 bits per heavy atom. The monoisotopic (exact) mass is 445 g/mol. The van der Waals surface area contributed by atoms with Gasteiger partial charge in [-0.1, -0.05) is 30.3 Å². The first-order chi connectivity index (χ1) is 15.9. The maximum Gasteiger partial charge on any atom is 0.262 e. The normalized spacial score (nSPS) is 10.6. The highest BCUT2D eigenvalue weighted by molar-refractivity contribution is 5.92. The van der Waals surface area contributed by atoms with E-state index in [0.29, 0.717) is 11.5 Å². The predicted octanol–water partition coefficient (Wildman–Crippen LogP) is 4.02. The molecule has 2 amide bonds. The Kier molecular flexibility index (Phi) is 8.18. The molecule has 0 saturated heterocycles. The summed E-state index contributed by atoms with van der Waals surface area (Å²) in [5, 5.41) is 6.82. The number of benzene rings is 3. The molecule has 7 heteroatoms. The Bertz CT molecular complexity index is 1160. The molecule has 0 aromatic heterocycles. The molecule has 0 unspecified atom stereocenters. The second-order valence-corrected chi connectivity index (χ2v) is 7.53. The fourth-order valence-corrected chi connectivity index (χ4v) is 3.04. The zero-order chi connectivity index (χ0) is 23.6. The van der Waals surface area contributed by atoms with Gasteiger partial charge >= 0.3 is 0 Å². The van der Waals surface area contributed by atoms with E-state index >= 15 is 0 Å². The summed E-state index contributed by atoms with van der Waals surface area (Å²) in [7, 11) is 1.58. The maximum atomic E-state index is 12.2. The minimum atomic E-state index is -0.248. The van der Waals surface area contributed by atoms with Gasteiger partial charge in [0.2, 0.25) is 5.91 Å². The van der Waals surface area contributed by atoms with Crippen molar-refractivity contribution in [1.29, 1.82) is 0 Å². The molecule has 0 spiro atoms. The summed E-state index contributed by atoms with van der Waals surface area (Å²) < 4.78 is 10.8. The van der Waals surface area contributed by atoms with Crippen LogP contribution in [0.5, 0.6) is 11.5 Å². The molecule has 170 valence electrons. The van der Waals surface area contributed by atoms with Crippen molar-refractivity contribution in [2.24, 2.45) is 5.10 Å². The summed E-state index contributed by atoms with van der Waals surface area (Å²) >= 11 is 0. The molecule has 0 aliphatic carbocycles. The lowest BCUT2D eigenvalue weighted by atomic mass is 10.1. The van der Waals surface area contributed by atoms with Gasteiger partial charge in [-0.3, -0.25) is 9.59 Å². The second-order valence-electron chi connectivity index (χ2n) is 7.53. The smallest absolute Gasteiger partial charge is 0.262 e. The average molecular weight is 446 g/mol. The number of carbonyl (C=O) groups is 2. The van der Waals surface area contributed by atoms with Crippen LogP contribution in [0.2, 0.25) is 0 Å². The molecule has 0 radical (unpaired) electrons. The molecule has 0 bridgehead atoms. The van der Waals surface area contributed by atoms with Crippen molar-refractivity contribution in [3.05, 3.63) is 89.0 Å². The summed E-state index contributed by atoms with van der Waals surface area (Å²) in [5.74, 6) is 0.734. The number of amides is 2. The van der Waals surface area contributed by atoms with Crippen molar-refractivity contribution in [3.8, 4) is 11.5 Å². The van der Waals surface area contributed by atoms with E-state index in [1.165, 1.54) is 11.8 Å². The zero-order valence-electron chi connectivity index (χ0n) is 18.9. The van der Waals surface area contributed by atoms with Gasteiger partial charge in [0, 0.05) is 5.69 Å². The lowest BCUT2D eigenvalue weighted by Gasteiger charge is -2.09. The fourth-order valence-electron chi connectivity index (χ4n) is 3.04.